The Hall–Kier alpha value is -1.53. The van der Waals surface area contributed by atoms with Crippen LogP contribution in [0.3, 0.4) is 0 Å². The molecule has 0 saturated carbocycles. The smallest absolute Gasteiger partial charge is 0.145 e. The van der Waals surface area contributed by atoms with Crippen LogP contribution in [-0.2, 0) is 4.74 Å². The van der Waals surface area contributed by atoms with Crippen LogP contribution in [0.5, 0.6) is 5.75 Å². The molecule has 0 fully saturated rings. The fourth-order valence-corrected chi connectivity index (χ4v) is 1.04. The van der Waals surface area contributed by atoms with Gasteiger partial charge in [-0.3, -0.25) is 0 Å². The number of ether oxygens (including phenoxy) is 1. The molecule has 0 aliphatic rings. The summed E-state index contributed by atoms with van der Waals surface area (Å²) in [4.78, 5) is 0. The van der Waals surface area contributed by atoms with Gasteiger partial charge < -0.3 is 9.84 Å². The molecule has 1 aromatic carbocycles. The zero-order valence-electron chi connectivity index (χ0n) is 9.89. The van der Waals surface area contributed by atoms with Crippen molar-refractivity contribution >= 4 is 0 Å². The number of aromatic hydroxyl groups is 1. The minimum Gasteiger partial charge on any atom is -0.508 e. The fourth-order valence-electron chi connectivity index (χ4n) is 1.04. The lowest BCUT2D eigenvalue weighted by Crippen LogP contribution is -2.19. The molecule has 0 aliphatic heterocycles. The van der Waals surface area contributed by atoms with Gasteiger partial charge in [-0.15, -0.1) is 0 Å². The van der Waals surface area contributed by atoms with E-state index in [1.807, 2.05) is 0 Å². The van der Waals surface area contributed by atoms with Gasteiger partial charge in [-0.05, 0) is 32.9 Å². The summed E-state index contributed by atoms with van der Waals surface area (Å²) in [6, 6.07) is 2.89. The molecule has 0 heterocycles. The van der Waals surface area contributed by atoms with Crippen molar-refractivity contribution in [3.63, 3.8) is 0 Å². The van der Waals surface area contributed by atoms with E-state index in [2.05, 4.69) is 11.8 Å². The molecule has 1 aromatic rings. The molecule has 3 heteroatoms. The third kappa shape index (κ3) is 2.74. The van der Waals surface area contributed by atoms with E-state index in [1.54, 1.807) is 21.0 Å². The number of hydrogen-bond donors (Lipinski definition) is 1. The van der Waals surface area contributed by atoms with Gasteiger partial charge in [-0.1, -0.05) is 11.8 Å². The Labute approximate surface area is 95.1 Å². The van der Waals surface area contributed by atoms with E-state index in [0.717, 1.165) is 0 Å². The number of phenols is 1. The summed E-state index contributed by atoms with van der Waals surface area (Å²) < 4.78 is 18.7. The molecule has 1 rings (SSSR count). The van der Waals surface area contributed by atoms with Crippen molar-refractivity contribution in [1.29, 1.82) is 0 Å². The Morgan fingerprint density at radius 3 is 2.56 bits per heavy atom. The standard InChI is InChI=1S/C13H15FO2/c1-9-11(15)6-5-10(12(9)14)7-8-13(2,3)16-4/h5-6,15H,1-4H3. The fraction of sp³-hybridized carbons (Fsp3) is 0.385. The van der Waals surface area contributed by atoms with Crippen LogP contribution < -0.4 is 0 Å². The summed E-state index contributed by atoms with van der Waals surface area (Å²) in [5.41, 5.74) is -0.138. The van der Waals surface area contributed by atoms with Crippen molar-refractivity contribution < 1.29 is 14.2 Å². The Balaban J connectivity index is 3.13. The first-order valence-electron chi connectivity index (χ1n) is 4.94. The lowest BCUT2D eigenvalue weighted by molar-refractivity contribution is 0.0741. The predicted molar refractivity (Wildman–Crippen MR) is 60.8 cm³/mol. The number of phenolic OH excluding ortho intramolecular Hbond substituents is 1. The van der Waals surface area contributed by atoms with Gasteiger partial charge in [0.25, 0.3) is 0 Å². The highest BCUT2D eigenvalue weighted by atomic mass is 19.1. The highest BCUT2D eigenvalue weighted by Crippen LogP contribution is 2.21. The molecule has 0 atom stereocenters. The average molecular weight is 222 g/mol. The van der Waals surface area contributed by atoms with Crippen LogP contribution in [0.1, 0.15) is 25.0 Å². The average Bonchev–Trinajstić information content (AvgIpc) is 2.25. The van der Waals surface area contributed by atoms with Gasteiger partial charge in [-0.2, -0.15) is 0 Å². The second-order valence-electron chi connectivity index (χ2n) is 4.04. The molecule has 0 aliphatic carbocycles. The highest BCUT2D eigenvalue weighted by molar-refractivity contribution is 5.45. The van der Waals surface area contributed by atoms with Gasteiger partial charge in [0.2, 0.25) is 0 Å². The minimum absolute atomic E-state index is 0.0611. The van der Waals surface area contributed by atoms with E-state index in [9.17, 15) is 9.50 Å². The summed E-state index contributed by atoms with van der Waals surface area (Å²) in [5, 5.41) is 9.29. The number of rotatable bonds is 1. The first kappa shape index (κ1) is 12.5. The Bertz CT molecular complexity index is 453. The first-order chi connectivity index (χ1) is 7.37. The van der Waals surface area contributed by atoms with E-state index < -0.39 is 11.4 Å². The lowest BCUT2D eigenvalue weighted by atomic mass is 10.1. The molecule has 0 bridgehead atoms. The van der Waals surface area contributed by atoms with Crippen molar-refractivity contribution in [2.45, 2.75) is 26.4 Å². The molecule has 0 spiro atoms. The monoisotopic (exact) mass is 222 g/mol. The van der Waals surface area contributed by atoms with Crippen LogP contribution in [0, 0.1) is 24.6 Å². The topological polar surface area (TPSA) is 29.5 Å². The highest BCUT2D eigenvalue weighted by Gasteiger charge is 2.12. The van der Waals surface area contributed by atoms with E-state index in [4.69, 9.17) is 4.74 Å². The number of hydrogen-bond acceptors (Lipinski definition) is 2. The SMILES string of the molecule is COC(C)(C)C#Cc1ccc(O)c(C)c1F. The summed E-state index contributed by atoms with van der Waals surface area (Å²) in [5.74, 6) is 4.98. The largest absolute Gasteiger partial charge is 0.508 e. The molecular formula is C13H15FO2. The third-order valence-electron chi connectivity index (χ3n) is 2.37. The van der Waals surface area contributed by atoms with Crippen LogP contribution in [0.15, 0.2) is 12.1 Å². The molecule has 0 radical (unpaired) electrons. The first-order valence-corrected chi connectivity index (χ1v) is 4.94. The molecular weight excluding hydrogens is 207 g/mol. The molecule has 86 valence electrons. The van der Waals surface area contributed by atoms with Gasteiger partial charge >= 0.3 is 0 Å². The molecule has 16 heavy (non-hydrogen) atoms. The van der Waals surface area contributed by atoms with Crippen LogP contribution >= 0.6 is 0 Å². The van der Waals surface area contributed by atoms with E-state index >= 15 is 0 Å². The molecule has 0 saturated heterocycles. The lowest BCUT2D eigenvalue weighted by Gasteiger charge is -2.14. The van der Waals surface area contributed by atoms with Crippen molar-refractivity contribution in [2.24, 2.45) is 0 Å². The Kier molecular flexibility index (Phi) is 3.56. The van der Waals surface area contributed by atoms with Crippen LogP contribution in [0.25, 0.3) is 0 Å². The minimum atomic E-state index is -0.613. The quantitative estimate of drug-likeness (QED) is 0.740. The normalized spacial score (nSPS) is 10.8. The van der Waals surface area contributed by atoms with E-state index in [-0.39, 0.29) is 16.9 Å². The summed E-state index contributed by atoms with van der Waals surface area (Å²) >= 11 is 0. The van der Waals surface area contributed by atoms with Crippen LogP contribution in [-0.4, -0.2) is 17.8 Å². The Morgan fingerprint density at radius 1 is 1.38 bits per heavy atom. The third-order valence-corrected chi connectivity index (χ3v) is 2.37. The van der Waals surface area contributed by atoms with Crippen molar-refractivity contribution in [1.82, 2.24) is 0 Å². The maximum absolute atomic E-state index is 13.6. The molecule has 0 amide bonds. The summed E-state index contributed by atoms with van der Waals surface area (Å²) in [7, 11) is 1.55. The van der Waals surface area contributed by atoms with Gasteiger partial charge in [0.1, 0.15) is 17.2 Å². The maximum Gasteiger partial charge on any atom is 0.145 e. The van der Waals surface area contributed by atoms with Crippen molar-refractivity contribution in [3.8, 4) is 17.6 Å². The van der Waals surface area contributed by atoms with Crippen molar-refractivity contribution in [3.05, 3.63) is 29.1 Å². The number of benzene rings is 1. The van der Waals surface area contributed by atoms with Crippen LogP contribution in [0.2, 0.25) is 0 Å². The van der Waals surface area contributed by atoms with E-state index in [0.29, 0.717) is 0 Å². The summed E-state index contributed by atoms with van der Waals surface area (Å²) in [6.45, 7) is 5.10. The zero-order valence-corrected chi connectivity index (χ0v) is 9.89. The predicted octanol–water partition coefficient (Wildman–Crippen LogP) is 2.62. The zero-order chi connectivity index (χ0) is 12.3. The number of halogens is 1. The van der Waals surface area contributed by atoms with Crippen molar-refractivity contribution in [2.75, 3.05) is 7.11 Å². The van der Waals surface area contributed by atoms with Gasteiger partial charge in [-0.25, -0.2) is 4.39 Å². The Morgan fingerprint density at radius 2 is 2.00 bits per heavy atom. The molecule has 2 nitrogen and oxygen atoms in total. The molecule has 1 N–H and O–H groups in total. The molecule has 0 unspecified atom stereocenters. The number of methoxy groups -OCH3 is 1. The van der Waals surface area contributed by atoms with Gasteiger partial charge in [0, 0.05) is 12.7 Å². The second-order valence-corrected chi connectivity index (χ2v) is 4.04. The second kappa shape index (κ2) is 4.54. The van der Waals surface area contributed by atoms with Crippen LogP contribution in [0.4, 0.5) is 4.39 Å². The maximum atomic E-state index is 13.6. The molecule has 0 aromatic heterocycles. The van der Waals surface area contributed by atoms with Gasteiger partial charge in [0.15, 0.2) is 0 Å². The van der Waals surface area contributed by atoms with Gasteiger partial charge in [0.05, 0.1) is 5.56 Å². The summed E-state index contributed by atoms with van der Waals surface area (Å²) in [6.07, 6.45) is 0. The van der Waals surface area contributed by atoms with E-state index in [1.165, 1.54) is 19.1 Å².